The highest BCUT2D eigenvalue weighted by molar-refractivity contribution is 6.01. The summed E-state index contributed by atoms with van der Waals surface area (Å²) in [6, 6.07) is 13.3. The predicted molar refractivity (Wildman–Crippen MR) is 94.9 cm³/mol. The smallest absolute Gasteiger partial charge is 0.339 e. The van der Waals surface area contributed by atoms with Crippen molar-refractivity contribution in [2.24, 2.45) is 0 Å². The second kappa shape index (κ2) is 8.63. The number of para-hydroxylation sites is 1. The van der Waals surface area contributed by atoms with Gasteiger partial charge < -0.3 is 15.4 Å². The number of ether oxygens (including phenoxy) is 1. The predicted octanol–water partition coefficient (Wildman–Crippen LogP) is 3.18. The molecule has 0 saturated heterocycles. The molecule has 0 aliphatic carbocycles. The largest absolute Gasteiger partial charge is 0.465 e. The van der Waals surface area contributed by atoms with Gasteiger partial charge in [-0.3, -0.25) is 4.79 Å². The number of carbonyl (C=O) groups excluding carboxylic acids is 3. The van der Waals surface area contributed by atoms with Crippen molar-refractivity contribution < 1.29 is 19.1 Å². The molecule has 0 saturated carbocycles. The molecule has 0 fully saturated rings. The number of amides is 2. The average molecular weight is 340 g/mol. The number of Topliss-reactive ketones (excluding diaryl/α,β-unsaturated/α-hetero) is 1. The summed E-state index contributed by atoms with van der Waals surface area (Å²) < 4.78 is 4.67. The lowest BCUT2D eigenvalue weighted by Gasteiger charge is -2.10. The standard InChI is InChI=1S/C19H20N2O4/c1-13-7-9-14(10-8-13)17(22)11-12-20-19(24)21-16-6-4-3-5-15(16)18(23)25-2/h3-10H,11-12H2,1-2H3,(H2,20,21,24). The number of aryl methyl sites for hydroxylation is 1. The van der Waals surface area contributed by atoms with Gasteiger partial charge in [0.15, 0.2) is 5.78 Å². The molecule has 0 radical (unpaired) electrons. The summed E-state index contributed by atoms with van der Waals surface area (Å²) in [5, 5.41) is 5.19. The van der Waals surface area contributed by atoms with Crippen molar-refractivity contribution in [3.05, 3.63) is 65.2 Å². The second-order valence-corrected chi connectivity index (χ2v) is 5.46. The van der Waals surface area contributed by atoms with Crippen LogP contribution in [-0.4, -0.2) is 31.4 Å². The van der Waals surface area contributed by atoms with Crippen molar-refractivity contribution in [3.8, 4) is 0 Å². The average Bonchev–Trinajstić information content (AvgIpc) is 2.62. The number of anilines is 1. The van der Waals surface area contributed by atoms with Gasteiger partial charge in [0, 0.05) is 18.5 Å². The van der Waals surface area contributed by atoms with Crippen LogP contribution in [0.4, 0.5) is 10.5 Å². The molecule has 0 atom stereocenters. The van der Waals surface area contributed by atoms with E-state index in [2.05, 4.69) is 15.4 Å². The Morgan fingerprint density at radius 1 is 1.00 bits per heavy atom. The molecule has 130 valence electrons. The Hall–Kier alpha value is -3.15. The zero-order valence-corrected chi connectivity index (χ0v) is 14.2. The topological polar surface area (TPSA) is 84.5 Å². The van der Waals surface area contributed by atoms with Gasteiger partial charge in [-0.25, -0.2) is 9.59 Å². The summed E-state index contributed by atoms with van der Waals surface area (Å²) >= 11 is 0. The number of rotatable bonds is 6. The maximum Gasteiger partial charge on any atom is 0.339 e. The third kappa shape index (κ3) is 5.17. The van der Waals surface area contributed by atoms with E-state index >= 15 is 0 Å². The number of methoxy groups -OCH3 is 1. The number of ketones is 1. The number of esters is 1. The molecule has 0 aromatic heterocycles. The molecule has 2 aromatic carbocycles. The van der Waals surface area contributed by atoms with Crippen LogP contribution in [0.25, 0.3) is 0 Å². The molecule has 6 heteroatoms. The molecule has 0 heterocycles. The van der Waals surface area contributed by atoms with E-state index in [0.29, 0.717) is 11.3 Å². The molecule has 2 amide bonds. The second-order valence-electron chi connectivity index (χ2n) is 5.46. The maximum atomic E-state index is 12.0. The van der Waals surface area contributed by atoms with E-state index in [1.165, 1.54) is 7.11 Å². The number of carbonyl (C=O) groups is 3. The first kappa shape index (κ1) is 18.2. The van der Waals surface area contributed by atoms with Crippen molar-refractivity contribution >= 4 is 23.5 Å². The van der Waals surface area contributed by atoms with Crippen LogP contribution in [-0.2, 0) is 4.74 Å². The fraction of sp³-hybridized carbons (Fsp3) is 0.211. The first-order chi connectivity index (χ1) is 12.0. The van der Waals surface area contributed by atoms with Crippen molar-refractivity contribution in [1.82, 2.24) is 5.32 Å². The third-order valence-electron chi connectivity index (χ3n) is 3.59. The Bertz CT molecular complexity index is 769. The van der Waals surface area contributed by atoms with Crippen molar-refractivity contribution in [2.75, 3.05) is 19.0 Å². The summed E-state index contributed by atoms with van der Waals surface area (Å²) in [5.74, 6) is -0.583. The van der Waals surface area contributed by atoms with Crippen LogP contribution in [0, 0.1) is 6.92 Å². The van der Waals surface area contributed by atoms with Crippen LogP contribution in [0.15, 0.2) is 48.5 Å². The van der Waals surface area contributed by atoms with Crippen LogP contribution in [0.3, 0.4) is 0 Å². The number of benzene rings is 2. The van der Waals surface area contributed by atoms with Gasteiger partial charge in [-0.05, 0) is 19.1 Å². The minimum Gasteiger partial charge on any atom is -0.465 e. The van der Waals surface area contributed by atoms with Crippen molar-refractivity contribution in [1.29, 1.82) is 0 Å². The Balaban J connectivity index is 1.86. The quantitative estimate of drug-likeness (QED) is 0.625. The van der Waals surface area contributed by atoms with E-state index in [1.54, 1.807) is 36.4 Å². The highest BCUT2D eigenvalue weighted by atomic mass is 16.5. The van der Waals surface area contributed by atoms with E-state index in [-0.39, 0.29) is 24.3 Å². The third-order valence-corrected chi connectivity index (χ3v) is 3.59. The SMILES string of the molecule is COC(=O)c1ccccc1NC(=O)NCCC(=O)c1ccc(C)cc1. The molecule has 0 aliphatic rings. The molecule has 2 aromatic rings. The lowest BCUT2D eigenvalue weighted by Crippen LogP contribution is -2.31. The Labute approximate surface area is 146 Å². The minimum absolute atomic E-state index is 0.0461. The molecule has 0 unspecified atom stereocenters. The lowest BCUT2D eigenvalue weighted by molar-refractivity contribution is 0.0601. The van der Waals surface area contributed by atoms with Crippen LogP contribution in [0.5, 0.6) is 0 Å². The fourth-order valence-corrected chi connectivity index (χ4v) is 2.22. The van der Waals surface area contributed by atoms with E-state index < -0.39 is 12.0 Å². The zero-order valence-electron chi connectivity index (χ0n) is 14.2. The van der Waals surface area contributed by atoms with Crippen molar-refractivity contribution in [2.45, 2.75) is 13.3 Å². The number of hydrogen-bond donors (Lipinski definition) is 2. The monoisotopic (exact) mass is 340 g/mol. The van der Waals surface area contributed by atoms with Gasteiger partial charge in [0.2, 0.25) is 0 Å². The molecule has 6 nitrogen and oxygen atoms in total. The van der Waals surface area contributed by atoms with Gasteiger partial charge >= 0.3 is 12.0 Å². The summed E-state index contributed by atoms with van der Waals surface area (Å²) in [6.07, 6.45) is 0.190. The number of nitrogens with one attached hydrogen (secondary N) is 2. The normalized spacial score (nSPS) is 10.0. The Morgan fingerprint density at radius 2 is 1.68 bits per heavy atom. The van der Waals surface area contributed by atoms with Crippen molar-refractivity contribution in [3.63, 3.8) is 0 Å². The maximum absolute atomic E-state index is 12.0. The van der Waals surface area contributed by atoms with Gasteiger partial charge in [0.05, 0.1) is 18.4 Å². The minimum atomic E-state index is -0.537. The van der Waals surface area contributed by atoms with Crippen LogP contribution < -0.4 is 10.6 Å². The molecule has 0 spiro atoms. The van der Waals surface area contributed by atoms with Crippen LogP contribution >= 0.6 is 0 Å². The van der Waals surface area contributed by atoms with Gasteiger partial charge in [-0.15, -0.1) is 0 Å². The molecular weight excluding hydrogens is 320 g/mol. The summed E-state index contributed by atoms with van der Waals surface area (Å²) in [4.78, 5) is 35.7. The van der Waals surface area contributed by atoms with Gasteiger partial charge in [0.25, 0.3) is 0 Å². The van der Waals surface area contributed by atoms with E-state index in [1.807, 2.05) is 19.1 Å². The summed E-state index contributed by atoms with van der Waals surface area (Å²) in [5.41, 5.74) is 2.30. The van der Waals surface area contributed by atoms with Crippen LogP contribution in [0.1, 0.15) is 32.7 Å². The fourth-order valence-electron chi connectivity index (χ4n) is 2.22. The summed E-state index contributed by atoms with van der Waals surface area (Å²) in [7, 11) is 1.27. The van der Waals surface area contributed by atoms with Gasteiger partial charge in [-0.2, -0.15) is 0 Å². The van der Waals surface area contributed by atoms with E-state index in [4.69, 9.17) is 0 Å². The molecule has 25 heavy (non-hydrogen) atoms. The molecule has 2 rings (SSSR count). The van der Waals surface area contributed by atoms with Crippen LogP contribution in [0.2, 0.25) is 0 Å². The molecule has 0 bridgehead atoms. The number of hydrogen-bond acceptors (Lipinski definition) is 4. The van der Waals surface area contributed by atoms with Gasteiger partial charge in [0.1, 0.15) is 0 Å². The summed E-state index contributed by atoms with van der Waals surface area (Å²) in [6.45, 7) is 2.14. The molecular formula is C19H20N2O4. The van der Waals surface area contributed by atoms with E-state index in [0.717, 1.165) is 5.56 Å². The van der Waals surface area contributed by atoms with E-state index in [9.17, 15) is 14.4 Å². The number of urea groups is 1. The first-order valence-electron chi connectivity index (χ1n) is 7.83. The zero-order chi connectivity index (χ0) is 18.2. The first-order valence-corrected chi connectivity index (χ1v) is 7.83. The molecule has 2 N–H and O–H groups in total. The Morgan fingerprint density at radius 3 is 2.36 bits per heavy atom. The Kier molecular flexibility index (Phi) is 6.28. The van der Waals surface area contributed by atoms with Gasteiger partial charge in [-0.1, -0.05) is 42.0 Å². The lowest BCUT2D eigenvalue weighted by atomic mass is 10.1. The highest BCUT2D eigenvalue weighted by Crippen LogP contribution is 2.15. The highest BCUT2D eigenvalue weighted by Gasteiger charge is 2.13. The molecule has 0 aliphatic heterocycles.